The van der Waals surface area contributed by atoms with Gasteiger partial charge in [0, 0.05) is 50.0 Å². The van der Waals surface area contributed by atoms with Crippen LogP contribution < -0.4 is 4.74 Å². The van der Waals surface area contributed by atoms with Crippen molar-refractivity contribution < 1.29 is 44.3 Å². The summed E-state index contributed by atoms with van der Waals surface area (Å²) in [6.45, 7) is 6.89. The number of carboxylic acid groups (broad SMARTS) is 4. The molecule has 12 heteroatoms. The van der Waals surface area contributed by atoms with Crippen molar-refractivity contribution in [3.05, 3.63) is 54.1 Å². The number of para-hydroxylation sites is 1. The summed E-state index contributed by atoms with van der Waals surface area (Å²) in [4.78, 5) is 43.5. The zero-order valence-corrected chi connectivity index (χ0v) is 21.6. The highest BCUT2D eigenvalue weighted by atomic mass is 16.5. The molecule has 0 aliphatic carbocycles. The summed E-state index contributed by atoms with van der Waals surface area (Å²) < 4.78 is 5.75. The monoisotopic (exact) mass is 545 g/mol. The van der Waals surface area contributed by atoms with Gasteiger partial charge in [-0.05, 0) is 50.9 Å². The molecule has 2 saturated heterocycles. The number of rotatable bonds is 10. The lowest BCUT2D eigenvalue weighted by atomic mass is 9.99. The molecule has 2 aliphatic rings. The van der Waals surface area contributed by atoms with Gasteiger partial charge in [-0.2, -0.15) is 5.26 Å². The molecule has 0 saturated carbocycles. The molecule has 1 aromatic rings. The second kappa shape index (κ2) is 18.9. The number of piperazine rings is 1. The smallest absolute Gasteiger partial charge is 0.328 e. The second-order valence-corrected chi connectivity index (χ2v) is 8.67. The van der Waals surface area contributed by atoms with Crippen LogP contribution in [0.4, 0.5) is 0 Å². The predicted molar refractivity (Wildman–Crippen MR) is 140 cm³/mol. The van der Waals surface area contributed by atoms with Gasteiger partial charge in [0.2, 0.25) is 0 Å². The molecule has 2 aliphatic heterocycles. The molecule has 1 unspecified atom stereocenters. The van der Waals surface area contributed by atoms with Gasteiger partial charge in [0.15, 0.2) is 0 Å². The number of carbonyl (C=O) groups is 4. The van der Waals surface area contributed by atoms with Crippen molar-refractivity contribution in [3.8, 4) is 11.8 Å². The van der Waals surface area contributed by atoms with Gasteiger partial charge in [-0.1, -0.05) is 18.6 Å². The van der Waals surface area contributed by atoms with Crippen molar-refractivity contribution in [3.63, 3.8) is 0 Å². The summed E-state index contributed by atoms with van der Waals surface area (Å²) in [6, 6.07) is 10.4. The van der Waals surface area contributed by atoms with Crippen molar-refractivity contribution in [2.45, 2.75) is 38.1 Å². The number of nitrogens with zero attached hydrogens (tertiary/aromatic N) is 3. The second-order valence-electron chi connectivity index (χ2n) is 8.67. The van der Waals surface area contributed by atoms with E-state index < -0.39 is 23.9 Å². The Kier molecular flexibility index (Phi) is 15.9. The first-order chi connectivity index (χ1) is 18.6. The van der Waals surface area contributed by atoms with Crippen LogP contribution in [0.3, 0.4) is 0 Å². The lowest BCUT2D eigenvalue weighted by Crippen LogP contribution is -2.54. The minimum absolute atomic E-state index is 0.558. The Labute approximate surface area is 227 Å². The molecule has 0 bridgehead atoms. The summed E-state index contributed by atoms with van der Waals surface area (Å²) in [6.07, 6.45) is 8.62. The average molecular weight is 546 g/mol. The van der Waals surface area contributed by atoms with Crippen LogP contribution in [-0.4, -0.2) is 99.5 Å². The summed E-state index contributed by atoms with van der Waals surface area (Å²) in [5, 5.41) is 40.3. The molecule has 2 heterocycles. The van der Waals surface area contributed by atoms with Crippen LogP contribution in [0.1, 0.15) is 37.7 Å². The van der Waals surface area contributed by atoms with Gasteiger partial charge in [0.25, 0.3) is 0 Å². The molecule has 3 rings (SSSR count). The maximum absolute atomic E-state index is 9.55. The highest BCUT2D eigenvalue weighted by molar-refractivity contribution is 5.90. The molecular weight excluding hydrogens is 510 g/mol. The molecule has 0 spiro atoms. The summed E-state index contributed by atoms with van der Waals surface area (Å²) in [5.41, 5.74) is 0.626. The molecule has 2 fully saturated rings. The minimum atomic E-state index is -1.26. The van der Waals surface area contributed by atoms with Crippen molar-refractivity contribution >= 4 is 23.9 Å². The lowest BCUT2D eigenvalue weighted by molar-refractivity contribution is -0.134. The SMILES string of the molecule is N#Cc1ccccc1OCCCCN1CCN2CCCCC2C1.O=C(O)/C=C/C(=O)O.O=C(O)/C=C/C(=O)O. The summed E-state index contributed by atoms with van der Waals surface area (Å²) in [5.74, 6) is -4.31. The Morgan fingerprint density at radius 3 is 2.03 bits per heavy atom. The number of aliphatic carboxylic acids is 4. The molecule has 0 aromatic heterocycles. The van der Waals surface area contributed by atoms with Crippen LogP contribution in [0.15, 0.2) is 48.6 Å². The number of unbranched alkanes of at least 4 members (excludes halogenated alkanes) is 1. The Morgan fingerprint density at radius 2 is 1.46 bits per heavy atom. The average Bonchev–Trinajstić information content (AvgIpc) is 2.91. The molecule has 12 nitrogen and oxygen atoms in total. The number of ether oxygens (including phenoxy) is 1. The van der Waals surface area contributed by atoms with Crippen molar-refractivity contribution in [1.29, 1.82) is 5.26 Å². The zero-order valence-electron chi connectivity index (χ0n) is 21.6. The highest BCUT2D eigenvalue weighted by Crippen LogP contribution is 2.21. The molecule has 39 heavy (non-hydrogen) atoms. The van der Waals surface area contributed by atoms with Crippen LogP contribution in [0.5, 0.6) is 5.75 Å². The van der Waals surface area contributed by atoms with Gasteiger partial charge < -0.3 is 30.1 Å². The fourth-order valence-corrected chi connectivity index (χ4v) is 4.01. The van der Waals surface area contributed by atoms with Gasteiger partial charge in [0.1, 0.15) is 11.8 Å². The molecular formula is C27H35N3O9. The Balaban J connectivity index is 0.000000393. The topological polar surface area (TPSA) is 189 Å². The van der Waals surface area contributed by atoms with Gasteiger partial charge >= 0.3 is 23.9 Å². The van der Waals surface area contributed by atoms with E-state index in [1.807, 2.05) is 18.2 Å². The van der Waals surface area contributed by atoms with Crippen molar-refractivity contribution in [2.75, 3.05) is 39.3 Å². The maximum atomic E-state index is 9.55. The summed E-state index contributed by atoms with van der Waals surface area (Å²) >= 11 is 0. The maximum Gasteiger partial charge on any atom is 0.328 e. The van der Waals surface area contributed by atoms with Crippen molar-refractivity contribution in [2.24, 2.45) is 0 Å². The van der Waals surface area contributed by atoms with Gasteiger partial charge in [-0.25, -0.2) is 19.2 Å². The van der Waals surface area contributed by atoms with E-state index in [-0.39, 0.29) is 0 Å². The van der Waals surface area contributed by atoms with E-state index in [9.17, 15) is 19.2 Å². The van der Waals surface area contributed by atoms with E-state index in [1.54, 1.807) is 6.07 Å². The Morgan fingerprint density at radius 1 is 0.872 bits per heavy atom. The van der Waals surface area contributed by atoms with E-state index in [0.717, 1.165) is 12.5 Å². The molecule has 4 N–H and O–H groups in total. The van der Waals surface area contributed by atoms with E-state index in [1.165, 1.54) is 58.4 Å². The van der Waals surface area contributed by atoms with E-state index in [4.69, 9.17) is 30.4 Å². The fourth-order valence-electron chi connectivity index (χ4n) is 4.01. The first-order valence-corrected chi connectivity index (χ1v) is 12.5. The number of hydrogen-bond donors (Lipinski definition) is 4. The fraction of sp³-hybridized carbons (Fsp3) is 0.444. The third kappa shape index (κ3) is 15.6. The number of benzene rings is 1. The lowest BCUT2D eigenvalue weighted by Gasteiger charge is -2.44. The highest BCUT2D eigenvalue weighted by Gasteiger charge is 2.28. The zero-order chi connectivity index (χ0) is 29.0. The minimum Gasteiger partial charge on any atom is -0.492 e. The first kappa shape index (κ1) is 32.8. The molecule has 212 valence electrons. The molecule has 1 atom stereocenters. The molecule has 0 amide bonds. The van der Waals surface area contributed by atoms with E-state index in [0.29, 0.717) is 42.2 Å². The number of hydrogen-bond acceptors (Lipinski definition) is 8. The van der Waals surface area contributed by atoms with Crippen LogP contribution in [0.25, 0.3) is 0 Å². The van der Waals surface area contributed by atoms with Gasteiger partial charge in [0.05, 0.1) is 12.2 Å². The Bertz CT molecular complexity index is 983. The molecule has 0 radical (unpaired) electrons. The van der Waals surface area contributed by atoms with Crippen LogP contribution in [0.2, 0.25) is 0 Å². The quantitative estimate of drug-likeness (QED) is 0.248. The largest absolute Gasteiger partial charge is 0.492 e. The normalized spacial score (nSPS) is 17.1. The number of nitriles is 1. The standard InChI is InChI=1S/C19H27N3O.2C4H4O4/c20-15-17-7-1-2-9-19(17)23-14-6-5-10-21-12-13-22-11-4-3-8-18(22)16-21;2*5-3(6)1-2-4(7)8/h1-2,7,9,18H,3-6,8,10-14,16H2;2*1-2H,(H,5,6)(H,7,8)/b;2*2-1+. The van der Waals surface area contributed by atoms with Crippen LogP contribution in [-0.2, 0) is 19.2 Å². The van der Waals surface area contributed by atoms with Crippen molar-refractivity contribution in [1.82, 2.24) is 9.80 Å². The number of fused-ring (bicyclic) bond motifs is 1. The molecule has 1 aromatic carbocycles. The third-order valence-corrected chi connectivity index (χ3v) is 5.79. The van der Waals surface area contributed by atoms with Gasteiger partial charge in [-0.3, -0.25) is 4.90 Å². The first-order valence-electron chi connectivity index (χ1n) is 12.5. The number of carboxylic acids is 4. The summed E-state index contributed by atoms with van der Waals surface area (Å²) in [7, 11) is 0. The van der Waals surface area contributed by atoms with Crippen LogP contribution in [0, 0.1) is 11.3 Å². The predicted octanol–water partition coefficient (Wildman–Crippen LogP) is 2.31. The van der Waals surface area contributed by atoms with E-state index in [2.05, 4.69) is 15.9 Å². The van der Waals surface area contributed by atoms with Gasteiger partial charge in [-0.15, -0.1) is 0 Å². The van der Waals surface area contributed by atoms with Crippen LogP contribution >= 0.6 is 0 Å². The van der Waals surface area contributed by atoms with E-state index >= 15 is 0 Å². The number of piperidine rings is 1. The Hall–Kier alpha value is -4.21. The third-order valence-electron chi connectivity index (χ3n) is 5.79.